The molecule has 14 heavy (non-hydrogen) atoms. The number of rotatable bonds is 2. The predicted octanol–water partition coefficient (Wildman–Crippen LogP) is 1.33. The van der Waals surface area contributed by atoms with E-state index >= 15 is 0 Å². The Morgan fingerprint density at radius 1 is 1.36 bits per heavy atom. The Morgan fingerprint density at radius 2 is 2.21 bits per heavy atom. The molecule has 2 aromatic heterocycles. The minimum Gasteiger partial charge on any atom is -0.479 e. The van der Waals surface area contributed by atoms with E-state index in [1.165, 1.54) is 6.33 Å². The number of aromatic nitrogens is 4. The van der Waals surface area contributed by atoms with Gasteiger partial charge in [0.25, 0.3) is 0 Å². The molecule has 5 heteroatoms. The van der Waals surface area contributed by atoms with Gasteiger partial charge in [-0.15, -0.1) is 0 Å². The number of hydrogen-bond donors (Lipinski definition) is 0. The minimum absolute atomic E-state index is 0.498. The lowest BCUT2D eigenvalue weighted by molar-refractivity contribution is 0.401. The third-order valence-electron chi connectivity index (χ3n) is 1.83. The van der Waals surface area contributed by atoms with Crippen molar-refractivity contribution in [2.24, 2.45) is 0 Å². The van der Waals surface area contributed by atoms with Crippen molar-refractivity contribution in [3.63, 3.8) is 0 Å². The monoisotopic (exact) mass is 190 g/mol. The van der Waals surface area contributed by atoms with Crippen LogP contribution in [0.2, 0.25) is 0 Å². The molecule has 0 aromatic carbocycles. The van der Waals surface area contributed by atoms with Crippen LogP contribution in [0.1, 0.15) is 6.92 Å². The molecule has 0 saturated carbocycles. The van der Waals surface area contributed by atoms with Gasteiger partial charge in [0.2, 0.25) is 5.88 Å². The van der Waals surface area contributed by atoms with E-state index in [1.54, 1.807) is 13.4 Å². The van der Waals surface area contributed by atoms with Crippen LogP contribution in [-0.2, 0) is 0 Å². The maximum absolute atomic E-state index is 5.07. The molecule has 0 aliphatic rings. The lowest BCUT2D eigenvalue weighted by atomic mass is 10.5. The van der Waals surface area contributed by atoms with Gasteiger partial charge in [0.15, 0.2) is 11.2 Å². The van der Waals surface area contributed by atoms with E-state index in [1.807, 2.05) is 23.8 Å². The topological polar surface area (TPSA) is 52.8 Å². The molecule has 5 nitrogen and oxygen atoms in total. The van der Waals surface area contributed by atoms with Crippen molar-refractivity contribution >= 4 is 17.4 Å². The molecule has 0 spiro atoms. The highest BCUT2D eigenvalue weighted by molar-refractivity contribution is 5.77. The van der Waals surface area contributed by atoms with E-state index in [0.717, 1.165) is 5.65 Å². The van der Waals surface area contributed by atoms with Gasteiger partial charge < -0.3 is 4.74 Å². The van der Waals surface area contributed by atoms with E-state index in [9.17, 15) is 0 Å². The molecule has 0 fully saturated rings. The zero-order chi connectivity index (χ0) is 9.97. The van der Waals surface area contributed by atoms with Gasteiger partial charge in [-0.05, 0) is 6.92 Å². The second kappa shape index (κ2) is 3.45. The highest BCUT2D eigenvalue weighted by Gasteiger charge is 2.07. The first-order chi connectivity index (χ1) is 6.86. The molecular weight excluding hydrogens is 180 g/mol. The first kappa shape index (κ1) is 8.68. The van der Waals surface area contributed by atoms with Crippen LogP contribution in [0, 0.1) is 0 Å². The van der Waals surface area contributed by atoms with Crippen molar-refractivity contribution in [2.75, 3.05) is 7.11 Å². The highest BCUT2D eigenvalue weighted by atomic mass is 16.5. The smallest absolute Gasteiger partial charge is 0.245 e. The van der Waals surface area contributed by atoms with E-state index in [4.69, 9.17) is 4.74 Å². The molecule has 0 aliphatic carbocycles. The number of allylic oxidation sites excluding steroid dienone is 1. The van der Waals surface area contributed by atoms with Gasteiger partial charge in [0.1, 0.15) is 12.7 Å². The van der Waals surface area contributed by atoms with Gasteiger partial charge in [-0.25, -0.2) is 9.97 Å². The van der Waals surface area contributed by atoms with Crippen LogP contribution < -0.4 is 4.74 Å². The summed E-state index contributed by atoms with van der Waals surface area (Å²) in [4.78, 5) is 12.3. The predicted molar refractivity (Wildman–Crippen MR) is 52.9 cm³/mol. The molecule has 0 unspecified atom stereocenters. The fraction of sp³-hybridized carbons (Fsp3) is 0.222. The molecule has 0 radical (unpaired) electrons. The normalized spacial score (nSPS) is 11.3. The van der Waals surface area contributed by atoms with Crippen LogP contribution in [0.3, 0.4) is 0 Å². The van der Waals surface area contributed by atoms with Crippen LogP contribution in [0.5, 0.6) is 5.88 Å². The standard InChI is InChI=1S/C9H10N4O/c1-3-4-13-6-12-7-8(13)10-5-11-9(7)14-2/h3-6H,1-2H3/b4-3+. The zero-order valence-corrected chi connectivity index (χ0v) is 8.01. The van der Waals surface area contributed by atoms with Crippen molar-refractivity contribution in [2.45, 2.75) is 6.92 Å². The third-order valence-corrected chi connectivity index (χ3v) is 1.83. The fourth-order valence-electron chi connectivity index (χ4n) is 1.25. The molecular formula is C9H10N4O. The first-order valence-electron chi connectivity index (χ1n) is 4.21. The number of nitrogens with zero attached hydrogens (tertiary/aromatic N) is 4. The van der Waals surface area contributed by atoms with E-state index in [-0.39, 0.29) is 0 Å². The summed E-state index contributed by atoms with van der Waals surface area (Å²) in [6.45, 7) is 1.93. The van der Waals surface area contributed by atoms with Gasteiger partial charge in [-0.3, -0.25) is 4.57 Å². The molecule has 0 saturated heterocycles. The number of hydrogen-bond acceptors (Lipinski definition) is 4. The molecule has 72 valence electrons. The van der Waals surface area contributed by atoms with Gasteiger partial charge in [-0.2, -0.15) is 4.98 Å². The average Bonchev–Trinajstić information content (AvgIpc) is 2.62. The summed E-state index contributed by atoms with van der Waals surface area (Å²) in [6, 6.07) is 0. The number of methoxy groups -OCH3 is 1. The minimum atomic E-state index is 0.498. The average molecular weight is 190 g/mol. The van der Waals surface area contributed by atoms with Crippen LogP contribution in [0.15, 0.2) is 18.7 Å². The summed E-state index contributed by atoms with van der Waals surface area (Å²) < 4.78 is 6.89. The molecule has 2 aromatic rings. The Kier molecular flexibility index (Phi) is 2.14. The second-order valence-electron chi connectivity index (χ2n) is 2.69. The quantitative estimate of drug-likeness (QED) is 0.716. The number of imidazole rings is 1. The van der Waals surface area contributed by atoms with Gasteiger partial charge >= 0.3 is 0 Å². The Bertz CT molecular complexity index is 475. The Balaban J connectivity index is 2.69. The number of fused-ring (bicyclic) bond motifs is 1. The maximum atomic E-state index is 5.07. The molecule has 2 rings (SSSR count). The SMILES string of the molecule is C/C=C/n1cnc2c(OC)ncnc21. The summed E-state index contributed by atoms with van der Waals surface area (Å²) in [5.41, 5.74) is 1.42. The molecule has 0 atom stereocenters. The van der Waals surface area contributed by atoms with E-state index in [2.05, 4.69) is 15.0 Å². The van der Waals surface area contributed by atoms with Crippen molar-refractivity contribution in [3.05, 3.63) is 18.7 Å². The first-order valence-corrected chi connectivity index (χ1v) is 4.21. The summed E-state index contributed by atoms with van der Waals surface area (Å²) in [6.07, 6.45) is 6.93. The lowest BCUT2D eigenvalue weighted by Gasteiger charge is -1.98. The molecule has 0 N–H and O–H groups in total. The van der Waals surface area contributed by atoms with Gasteiger partial charge in [0.05, 0.1) is 7.11 Å². The fourth-order valence-corrected chi connectivity index (χ4v) is 1.25. The van der Waals surface area contributed by atoms with E-state index in [0.29, 0.717) is 11.4 Å². The third kappa shape index (κ3) is 1.22. The zero-order valence-electron chi connectivity index (χ0n) is 8.01. The summed E-state index contributed by atoms with van der Waals surface area (Å²) >= 11 is 0. The molecule has 0 aliphatic heterocycles. The molecule has 2 heterocycles. The molecule has 0 amide bonds. The summed E-state index contributed by atoms with van der Waals surface area (Å²) in [7, 11) is 1.57. The second-order valence-corrected chi connectivity index (χ2v) is 2.69. The van der Waals surface area contributed by atoms with Crippen molar-refractivity contribution in [1.29, 1.82) is 0 Å². The van der Waals surface area contributed by atoms with Crippen LogP contribution in [-0.4, -0.2) is 26.6 Å². The Hall–Kier alpha value is -1.91. The van der Waals surface area contributed by atoms with Gasteiger partial charge in [0, 0.05) is 6.20 Å². The highest BCUT2D eigenvalue weighted by Crippen LogP contribution is 2.18. The summed E-state index contributed by atoms with van der Waals surface area (Å²) in [5.74, 6) is 0.498. The van der Waals surface area contributed by atoms with Crippen molar-refractivity contribution < 1.29 is 4.74 Å². The maximum Gasteiger partial charge on any atom is 0.245 e. The van der Waals surface area contributed by atoms with Crippen molar-refractivity contribution in [1.82, 2.24) is 19.5 Å². The van der Waals surface area contributed by atoms with Crippen LogP contribution in [0.25, 0.3) is 17.4 Å². The van der Waals surface area contributed by atoms with Gasteiger partial charge in [-0.1, -0.05) is 6.08 Å². The van der Waals surface area contributed by atoms with Crippen molar-refractivity contribution in [3.8, 4) is 5.88 Å². The van der Waals surface area contributed by atoms with Crippen LogP contribution >= 0.6 is 0 Å². The number of ether oxygens (including phenoxy) is 1. The molecule has 0 bridgehead atoms. The Labute approximate surface area is 81.1 Å². The summed E-state index contributed by atoms with van der Waals surface area (Å²) in [5, 5.41) is 0. The van der Waals surface area contributed by atoms with Crippen LogP contribution in [0.4, 0.5) is 0 Å². The Morgan fingerprint density at radius 3 is 2.93 bits per heavy atom. The largest absolute Gasteiger partial charge is 0.479 e. The lowest BCUT2D eigenvalue weighted by Crippen LogP contribution is -1.92. The van der Waals surface area contributed by atoms with E-state index < -0.39 is 0 Å².